The van der Waals surface area contributed by atoms with Gasteiger partial charge in [0.05, 0.1) is 5.69 Å². The second kappa shape index (κ2) is 8.19. The number of hydrogen-bond acceptors (Lipinski definition) is 3. The highest BCUT2D eigenvalue weighted by molar-refractivity contribution is 5.89. The number of carbonyl (C=O) groups excluding carboxylic acids is 1. The molecule has 0 radical (unpaired) electrons. The van der Waals surface area contributed by atoms with E-state index in [0.29, 0.717) is 12.3 Å². The summed E-state index contributed by atoms with van der Waals surface area (Å²) in [6.45, 7) is 4.13. The van der Waals surface area contributed by atoms with Crippen molar-refractivity contribution in [3.8, 4) is 11.4 Å². The van der Waals surface area contributed by atoms with Crippen molar-refractivity contribution < 1.29 is 9.53 Å². The maximum absolute atomic E-state index is 12.7. The van der Waals surface area contributed by atoms with Crippen LogP contribution >= 0.6 is 0 Å². The Balaban J connectivity index is 1.46. The van der Waals surface area contributed by atoms with E-state index in [2.05, 4.69) is 10.3 Å². The molecule has 1 atom stereocenters. The van der Waals surface area contributed by atoms with Crippen LogP contribution in [0.2, 0.25) is 0 Å². The van der Waals surface area contributed by atoms with Crippen LogP contribution in [0.4, 0.5) is 0 Å². The maximum Gasteiger partial charge on any atom is 0.261 e. The molecule has 0 fully saturated rings. The molecule has 0 spiro atoms. The topological polar surface area (TPSA) is 56.2 Å². The van der Waals surface area contributed by atoms with Crippen LogP contribution in [0.5, 0.6) is 5.75 Å². The molecule has 0 aliphatic rings. The van der Waals surface area contributed by atoms with Gasteiger partial charge in [0, 0.05) is 24.3 Å². The van der Waals surface area contributed by atoms with E-state index in [1.165, 1.54) is 0 Å². The molecule has 146 valence electrons. The lowest BCUT2D eigenvalue weighted by molar-refractivity contribution is -0.127. The molecule has 0 aliphatic carbocycles. The average Bonchev–Trinajstić information content (AvgIpc) is 3.18. The van der Waals surface area contributed by atoms with Gasteiger partial charge in [-0.15, -0.1) is 0 Å². The molecule has 0 saturated heterocycles. The number of nitrogens with one attached hydrogen (secondary N) is 1. The minimum absolute atomic E-state index is 0.157. The molecule has 29 heavy (non-hydrogen) atoms. The van der Waals surface area contributed by atoms with Crippen molar-refractivity contribution in [3.63, 3.8) is 0 Å². The number of carbonyl (C=O) groups is 1. The molecule has 0 bridgehead atoms. The molecular weight excluding hydrogens is 362 g/mol. The molecule has 1 aromatic heterocycles. The molecule has 0 saturated carbocycles. The Labute approximate surface area is 170 Å². The first kappa shape index (κ1) is 18.7. The lowest BCUT2D eigenvalue weighted by Crippen LogP contribution is -2.36. The minimum atomic E-state index is -0.608. The van der Waals surface area contributed by atoms with Crippen LogP contribution in [0.3, 0.4) is 0 Å². The van der Waals surface area contributed by atoms with Gasteiger partial charge in [-0.2, -0.15) is 0 Å². The van der Waals surface area contributed by atoms with Crippen molar-refractivity contribution >= 4 is 16.7 Å². The fourth-order valence-electron chi connectivity index (χ4n) is 3.40. The monoisotopic (exact) mass is 385 g/mol. The van der Waals surface area contributed by atoms with Crippen LogP contribution in [-0.2, 0) is 11.3 Å². The average molecular weight is 385 g/mol. The Morgan fingerprint density at radius 2 is 1.83 bits per heavy atom. The van der Waals surface area contributed by atoms with Gasteiger partial charge < -0.3 is 14.6 Å². The van der Waals surface area contributed by atoms with Gasteiger partial charge in [0.1, 0.15) is 11.6 Å². The van der Waals surface area contributed by atoms with Crippen LogP contribution < -0.4 is 10.1 Å². The Morgan fingerprint density at radius 1 is 1.07 bits per heavy atom. The summed E-state index contributed by atoms with van der Waals surface area (Å²) in [5, 5.41) is 5.07. The third-order valence-electron chi connectivity index (χ3n) is 4.95. The molecular formula is C24H23N3O2. The first-order valence-electron chi connectivity index (χ1n) is 9.64. The molecule has 3 aromatic carbocycles. The van der Waals surface area contributed by atoms with Gasteiger partial charge >= 0.3 is 0 Å². The summed E-state index contributed by atoms with van der Waals surface area (Å²) < 4.78 is 7.98. The number of rotatable bonds is 6. The number of amides is 1. The summed E-state index contributed by atoms with van der Waals surface area (Å²) in [6.07, 6.45) is 3.08. The van der Waals surface area contributed by atoms with Gasteiger partial charge in [-0.3, -0.25) is 4.79 Å². The first-order valence-corrected chi connectivity index (χ1v) is 9.64. The van der Waals surface area contributed by atoms with E-state index in [0.717, 1.165) is 27.8 Å². The Morgan fingerprint density at radius 3 is 2.66 bits per heavy atom. The number of benzene rings is 3. The van der Waals surface area contributed by atoms with E-state index in [-0.39, 0.29) is 5.91 Å². The Hall–Kier alpha value is -3.60. The Kier molecular flexibility index (Phi) is 5.29. The normalized spacial score (nSPS) is 11.9. The molecule has 1 N–H and O–H groups in total. The number of aromatic nitrogens is 2. The van der Waals surface area contributed by atoms with Crippen molar-refractivity contribution in [1.29, 1.82) is 0 Å². The Bertz CT molecular complexity index is 1140. The van der Waals surface area contributed by atoms with E-state index in [1.54, 1.807) is 13.1 Å². The lowest BCUT2D eigenvalue weighted by Gasteiger charge is -2.17. The van der Waals surface area contributed by atoms with Crippen molar-refractivity contribution in [2.45, 2.75) is 26.5 Å². The zero-order chi connectivity index (χ0) is 20.2. The van der Waals surface area contributed by atoms with E-state index in [9.17, 15) is 4.79 Å². The molecule has 1 amide bonds. The minimum Gasteiger partial charge on any atom is -0.480 e. The maximum atomic E-state index is 12.7. The van der Waals surface area contributed by atoms with Crippen molar-refractivity contribution in [2.75, 3.05) is 0 Å². The van der Waals surface area contributed by atoms with Crippen LogP contribution in [-0.4, -0.2) is 21.6 Å². The number of fused-ring (bicyclic) bond motifs is 1. The van der Waals surface area contributed by atoms with Crippen LogP contribution in [0.25, 0.3) is 16.5 Å². The molecule has 4 rings (SSSR count). The van der Waals surface area contributed by atoms with Crippen LogP contribution in [0, 0.1) is 6.92 Å². The quantitative estimate of drug-likeness (QED) is 0.535. The predicted octanol–water partition coefficient (Wildman–Crippen LogP) is 4.42. The van der Waals surface area contributed by atoms with Gasteiger partial charge in [0.2, 0.25) is 0 Å². The van der Waals surface area contributed by atoms with Crippen molar-refractivity contribution in [1.82, 2.24) is 14.9 Å². The number of para-hydroxylation sites is 1. The van der Waals surface area contributed by atoms with E-state index < -0.39 is 6.10 Å². The zero-order valence-corrected chi connectivity index (χ0v) is 16.5. The second-order valence-electron chi connectivity index (χ2n) is 6.93. The molecule has 5 heteroatoms. The summed E-state index contributed by atoms with van der Waals surface area (Å²) in [5.41, 5.74) is 2.02. The standard InChI is InChI=1S/C24H23N3O2/c1-17(29-23-13-7-10-19-8-3-5-11-21(19)23)24(28)26-16-20-9-4-6-12-22(20)27-15-14-25-18(27)2/h3-15,17H,16H2,1-2H3,(H,26,28)/t17-/m0/s1. The van der Waals surface area contributed by atoms with Crippen molar-refractivity contribution in [2.24, 2.45) is 0 Å². The highest BCUT2D eigenvalue weighted by Gasteiger charge is 2.16. The van der Waals surface area contributed by atoms with Gasteiger partial charge in [0.15, 0.2) is 6.10 Å². The van der Waals surface area contributed by atoms with Gasteiger partial charge in [-0.1, -0.05) is 54.6 Å². The number of nitrogens with zero attached hydrogens (tertiary/aromatic N) is 2. The highest BCUT2D eigenvalue weighted by Crippen LogP contribution is 2.26. The molecule has 4 aromatic rings. The zero-order valence-electron chi connectivity index (χ0n) is 16.5. The van der Waals surface area contributed by atoms with E-state index in [4.69, 9.17) is 4.74 Å². The number of hydrogen-bond donors (Lipinski definition) is 1. The third-order valence-corrected chi connectivity index (χ3v) is 4.95. The summed E-state index contributed by atoms with van der Waals surface area (Å²) in [5.74, 6) is 1.45. The van der Waals surface area contributed by atoms with E-state index in [1.807, 2.05) is 84.4 Å². The fourth-order valence-corrected chi connectivity index (χ4v) is 3.40. The largest absolute Gasteiger partial charge is 0.480 e. The second-order valence-corrected chi connectivity index (χ2v) is 6.93. The van der Waals surface area contributed by atoms with Crippen LogP contribution in [0.1, 0.15) is 18.3 Å². The molecule has 0 unspecified atom stereocenters. The van der Waals surface area contributed by atoms with Crippen molar-refractivity contribution in [3.05, 3.63) is 90.5 Å². The summed E-state index contributed by atoms with van der Waals surface area (Å²) in [4.78, 5) is 17.0. The van der Waals surface area contributed by atoms with Gasteiger partial charge in [-0.25, -0.2) is 4.98 Å². The summed E-state index contributed by atoms with van der Waals surface area (Å²) in [7, 11) is 0. The first-order chi connectivity index (χ1) is 14.1. The molecule has 5 nitrogen and oxygen atoms in total. The third kappa shape index (κ3) is 3.99. The number of imidazole rings is 1. The van der Waals surface area contributed by atoms with E-state index >= 15 is 0 Å². The fraction of sp³-hybridized carbons (Fsp3) is 0.167. The highest BCUT2D eigenvalue weighted by atomic mass is 16.5. The molecule has 0 aliphatic heterocycles. The van der Waals surface area contributed by atoms with Gasteiger partial charge in [-0.05, 0) is 36.9 Å². The smallest absolute Gasteiger partial charge is 0.261 e. The number of aryl methyl sites for hydroxylation is 1. The van der Waals surface area contributed by atoms with Gasteiger partial charge in [0.25, 0.3) is 5.91 Å². The number of ether oxygens (including phenoxy) is 1. The predicted molar refractivity (Wildman–Crippen MR) is 114 cm³/mol. The SMILES string of the molecule is Cc1nccn1-c1ccccc1CNC(=O)[C@H](C)Oc1cccc2ccccc12. The summed E-state index contributed by atoms with van der Waals surface area (Å²) in [6, 6.07) is 21.8. The molecule has 1 heterocycles. The summed E-state index contributed by atoms with van der Waals surface area (Å²) >= 11 is 0. The van der Waals surface area contributed by atoms with Crippen LogP contribution in [0.15, 0.2) is 79.1 Å². The lowest BCUT2D eigenvalue weighted by atomic mass is 10.1.